The third-order valence-corrected chi connectivity index (χ3v) is 5.87. The van der Waals surface area contributed by atoms with Gasteiger partial charge in [0, 0.05) is 0 Å². The number of nitrogens with zero attached hydrogens (tertiary/aromatic N) is 1. The van der Waals surface area contributed by atoms with Crippen LogP contribution in [0, 0.1) is 6.92 Å². The van der Waals surface area contributed by atoms with Crippen LogP contribution in [0.25, 0.3) is 0 Å². The molecule has 2 rings (SSSR count). The number of hydrogen-bond acceptors (Lipinski definition) is 6. The number of hydrogen-bond donors (Lipinski definition) is 0. The number of anilines is 1. The van der Waals surface area contributed by atoms with Crippen molar-refractivity contribution in [3.63, 3.8) is 0 Å². The summed E-state index contributed by atoms with van der Waals surface area (Å²) in [6.45, 7) is 1.28. The minimum atomic E-state index is -4.14. The molecular weight excluding hydrogens is 394 g/mol. The van der Waals surface area contributed by atoms with Crippen LogP contribution in [0.1, 0.15) is 5.56 Å². The van der Waals surface area contributed by atoms with E-state index in [0.29, 0.717) is 11.5 Å². The van der Waals surface area contributed by atoms with Crippen LogP contribution in [-0.4, -0.2) is 42.3 Å². The number of carbonyl (C=O) groups excluding carboxylic acids is 1. The molecule has 0 heterocycles. The summed E-state index contributed by atoms with van der Waals surface area (Å²) in [5.74, 6) is -0.0855. The number of ether oxygens (including phenoxy) is 3. The summed E-state index contributed by atoms with van der Waals surface area (Å²) in [5.41, 5.74) is 1.01. The molecule has 0 saturated heterocycles. The van der Waals surface area contributed by atoms with Crippen LogP contribution in [0.2, 0.25) is 5.02 Å². The maximum atomic E-state index is 13.3. The molecule has 9 heteroatoms. The van der Waals surface area contributed by atoms with Crippen LogP contribution in [0.3, 0.4) is 0 Å². The zero-order valence-electron chi connectivity index (χ0n) is 15.4. The number of esters is 1. The van der Waals surface area contributed by atoms with Crippen molar-refractivity contribution in [1.82, 2.24) is 0 Å². The first-order valence-electron chi connectivity index (χ1n) is 7.82. The van der Waals surface area contributed by atoms with E-state index in [1.165, 1.54) is 39.5 Å². The lowest BCUT2D eigenvalue weighted by Gasteiger charge is -2.25. The molecule has 27 heavy (non-hydrogen) atoms. The first kappa shape index (κ1) is 20.9. The minimum Gasteiger partial charge on any atom is -0.495 e. The number of sulfonamides is 1. The van der Waals surface area contributed by atoms with E-state index in [1.807, 2.05) is 0 Å². The van der Waals surface area contributed by atoms with Gasteiger partial charge in [0.05, 0.1) is 36.9 Å². The SMILES string of the molecule is COC(=O)CN(c1cc(C)ccc1OC)S(=O)(=O)c1ccc(OC)c(Cl)c1. The Bertz CT molecular complexity index is 945. The van der Waals surface area contributed by atoms with Crippen molar-refractivity contribution < 1.29 is 27.4 Å². The highest BCUT2D eigenvalue weighted by molar-refractivity contribution is 7.92. The second-order valence-corrected chi connectivity index (χ2v) is 7.83. The first-order chi connectivity index (χ1) is 12.7. The highest BCUT2D eigenvalue weighted by Crippen LogP contribution is 2.35. The molecule has 2 aromatic rings. The van der Waals surface area contributed by atoms with Gasteiger partial charge in [-0.15, -0.1) is 0 Å². The second kappa shape index (κ2) is 8.49. The third kappa shape index (κ3) is 4.45. The van der Waals surface area contributed by atoms with E-state index >= 15 is 0 Å². The van der Waals surface area contributed by atoms with Gasteiger partial charge < -0.3 is 14.2 Å². The fourth-order valence-electron chi connectivity index (χ4n) is 2.41. The number of aryl methyl sites for hydroxylation is 1. The van der Waals surface area contributed by atoms with Crippen molar-refractivity contribution in [2.24, 2.45) is 0 Å². The van der Waals surface area contributed by atoms with E-state index in [4.69, 9.17) is 21.1 Å². The highest BCUT2D eigenvalue weighted by atomic mass is 35.5. The predicted molar refractivity (Wildman–Crippen MR) is 102 cm³/mol. The average molecular weight is 414 g/mol. The van der Waals surface area contributed by atoms with E-state index in [1.54, 1.807) is 25.1 Å². The summed E-state index contributed by atoms with van der Waals surface area (Å²) in [5, 5.41) is 0.132. The zero-order valence-corrected chi connectivity index (χ0v) is 16.9. The maximum Gasteiger partial charge on any atom is 0.326 e. The van der Waals surface area contributed by atoms with Gasteiger partial charge in [-0.2, -0.15) is 0 Å². The Kier molecular flexibility index (Phi) is 6.56. The van der Waals surface area contributed by atoms with Crippen LogP contribution in [0.4, 0.5) is 5.69 Å². The summed E-state index contributed by atoms with van der Waals surface area (Å²) >= 11 is 6.08. The van der Waals surface area contributed by atoms with Crippen molar-refractivity contribution in [3.05, 3.63) is 47.0 Å². The third-order valence-electron chi connectivity index (χ3n) is 3.81. The molecule has 0 bridgehead atoms. The van der Waals surface area contributed by atoms with Gasteiger partial charge in [-0.3, -0.25) is 9.10 Å². The zero-order chi connectivity index (χ0) is 20.2. The molecule has 0 unspecified atom stereocenters. The van der Waals surface area contributed by atoms with E-state index < -0.39 is 22.5 Å². The maximum absolute atomic E-state index is 13.3. The Labute approximate surface area is 163 Å². The van der Waals surface area contributed by atoms with Crippen molar-refractivity contribution in [1.29, 1.82) is 0 Å². The molecule has 0 aliphatic carbocycles. The molecule has 0 spiro atoms. The van der Waals surface area contributed by atoms with E-state index in [-0.39, 0.29) is 15.6 Å². The molecule has 7 nitrogen and oxygen atoms in total. The van der Waals surface area contributed by atoms with Crippen LogP contribution < -0.4 is 13.8 Å². The molecule has 0 aromatic heterocycles. The molecule has 0 aliphatic heterocycles. The van der Waals surface area contributed by atoms with Gasteiger partial charge in [0.25, 0.3) is 10.0 Å². The van der Waals surface area contributed by atoms with Crippen LogP contribution in [0.15, 0.2) is 41.3 Å². The lowest BCUT2D eigenvalue weighted by atomic mass is 10.2. The predicted octanol–water partition coefficient (Wildman–Crippen LogP) is 3.03. The van der Waals surface area contributed by atoms with E-state index in [2.05, 4.69) is 4.74 Å². The fraction of sp³-hybridized carbons (Fsp3) is 0.278. The first-order valence-corrected chi connectivity index (χ1v) is 9.64. The van der Waals surface area contributed by atoms with E-state index in [9.17, 15) is 13.2 Å². The Morgan fingerprint density at radius 3 is 2.22 bits per heavy atom. The van der Waals surface area contributed by atoms with Crippen molar-refractivity contribution in [2.45, 2.75) is 11.8 Å². The molecule has 0 amide bonds. The lowest BCUT2D eigenvalue weighted by molar-refractivity contribution is -0.138. The molecule has 0 N–H and O–H groups in total. The lowest BCUT2D eigenvalue weighted by Crippen LogP contribution is -2.36. The number of methoxy groups -OCH3 is 3. The Morgan fingerprint density at radius 2 is 1.67 bits per heavy atom. The summed E-state index contributed by atoms with van der Waals surface area (Å²) in [6.07, 6.45) is 0. The van der Waals surface area contributed by atoms with Crippen LogP contribution in [-0.2, 0) is 19.6 Å². The Hall–Kier alpha value is -2.45. The fourth-order valence-corrected chi connectivity index (χ4v) is 4.17. The van der Waals surface area contributed by atoms with Crippen LogP contribution >= 0.6 is 11.6 Å². The van der Waals surface area contributed by atoms with Gasteiger partial charge in [-0.1, -0.05) is 17.7 Å². The molecule has 0 saturated carbocycles. The van der Waals surface area contributed by atoms with Crippen molar-refractivity contribution >= 4 is 33.3 Å². The van der Waals surface area contributed by atoms with E-state index in [0.717, 1.165) is 9.87 Å². The molecular formula is C18H20ClNO6S. The molecule has 0 radical (unpaired) electrons. The normalized spacial score (nSPS) is 11.0. The monoisotopic (exact) mass is 413 g/mol. The summed E-state index contributed by atoms with van der Waals surface area (Å²) in [6, 6.07) is 9.08. The number of carbonyl (C=O) groups is 1. The quantitative estimate of drug-likeness (QED) is 0.649. The Morgan fingerprint density at radius 1 is 1.04 bits per heavy atom. The van der Waals surface area contributed by atoms with Gasteiger partial charge in [0.1, 0.15) is 18.0 Å². The molecule has 0 fully saturated rings. The standard InChI is InChI=1S/C18H20ClNO6S/c1-12-5-7-17(25-3)15(9-12)20(11-18(21)26-4)27(22,23)13-6-8-16(24-2)14(19)10-13/h5-10H,11H2,1-4H3. The van der Waals surface area contributed by atoms with Gasteiger partial charge in [0.2, 0.25) is 0 Å². The molecule has 0 atom stereocenters. The topological polar surface area (TPSA) is 82.1 Å². The highest BCUT2D eigenvalue weighted by Gasteiger charge is 2.30. The second-order valence-electron chi connectivity index (χ2n) is 5.56. The van der Waals surface area contributed by atoms with Crippen molar-refractivity contribution in [3.8, 4) is 11.5 Å². The van der Waals surface area contributed by atoms with Crippen LogP contribution in [0.5, 0.6) is 11.5 Å². The van der Waals surface area contributed by atoms with Crippen molar-refractivity contribution in [2.75, 3.05) is 32.2 Å². The summed E-state index contributed by atoms with van der Waals surface area (Å²) in [4.78, 5) is 11.8. The van der Waals surface area contributed by atoms with Gasteiger partial charge >= 0.3 is 5.97 Å². The Balaban J connectivity index is 2.65. The number of benzene rings is 2. The molecule has 146 valence electrons. The van der Waals surface area contributed by atoms with Gasteiger partial charge in [-0.25, -0.2) is 8.42 Å². The summed E-state index contributed by atoms with van der Waals surface area (Å²) in [7, 11) is -0.113. The number of halogens is 1. The number of rotatable bonds is 7. The average Bonchev–Trinajstić information content (AvgIpc) is 2.65. The largest absolute Gasteiger partial charge is 0.495 e. The van der Waals surface area contributed by atoms with Gasteiger partial charge in [0.15, 0.2) is 0 Å². The molecule has 0 aliphatic rings. The minimum absolute atomic E-state index is 0.0965. The summed E-state index contributed by atoms with van der Waals surface area (Å²) < 4.78 is 42.5. The molecule has 2 aromatic carbocycles. The smallest absolute Gasteiger partial charge is 0.326 e. The van der Waals surface area contributed by atoms with Gasteiger partial charge in [-0.05, 0) is 42.8 Å².